The van der Waals surface area contributed by atoms with E-state index in [9.17, 15) is 22.4 Å². The first kappa shape index (κ1) is 29.9. The smallest absolute Gasteiger partial charge is 0.242 e. The lowest BCUT2D eigenvalue weighted by atomic mass is 10.1. The van der Waals surface area contributed by atoms with Crippen LogP contribution in [-0.2, 0) is 26.2 Å². The number of benzene rings is 2. The van der Waals surface area contributed by atoms with Gasteiger partial charge in [0.15, 0.2) is 0 Å². The van der Waals surface area contributed by atoms with Crippen LogP contribution in [0.2, 0.25) is 10.0 Å². The van der Waals surface area contributed by atoms with Crippen LogP contribution in [-0.4, -0.2) is 49.5 Å². The molecule has 36 heavy (non-hydrogen) atoms. The maximum atomic E-state index is 13.3. The predicted molar refractivity (Wildman–Crippen MR) is 142 cm³/mol. The van der Waals surface area contributed by atoms with Crippen molar-refractivity contribution in [1.29, 1.82) is 0 Å². The molecule has 0 aliphatic heterocycles. The lowest BCUT2D eigenvalue weighted by Crippen LogP contribution is -2.52. The van der Waals surface area contributed by atoms with Crippen molar-refractivity contribution in [3.63, 3.8) is 0 Å². The normalized spacial score (nSPS) is 12.7. The summed E-state index contributed by atoms with van der Waals surface area (Å²) in [6, 6.07) is 9.21. The lowest BCUT2D eigenvalue weighted by molar-refractivity contribution is -0.141. The van der Waals surface area contributed by atoms with E-state index >= 15 is 0 Å². The first-order chi connectivity index (χ1) is 16.6. The van der Waals surface area contributed by atoms with Gasteiger partial charge in [-0.15, -0.1) is 0 Å². The quantitative estimate of drug-likeness (QED) is 0.443. The van der Waals surface area contributed by atoms with Crippen LogP contribution < -0.4 is 9.62 Å². The number of halogens is 3. The molecule has 2 aromatic rings. The van der Waals surface area contributed by atoms with Crippen LogP contribution in [0, 0.1) is 5.82 Å². The molecule has 2 amide bonds. The highest BCUT2D eigenvalue weighted by Gasteiger charge is 2.29. The number of rotatable bonds is 10. The van der Waals surface area contributed by atoms with Gasteiger partial charge in [-0.1, -0.05) is 29.3 Å². The van der Waals surface area contributed by atoms with E-state index in [-0.39, 0.29) is 37.7 Å². The number of nitrogens with zero attached hydrogens (tertiary/aromatic N) is 2. The molecule has 0 saturated carbocycles. The largest absolute Gasteiger partial charge is 0.350 e. The minimum absolute atomic E-state index is 0.000532. The molecular weight excluding hydrogens is 528 g/mol. The van der Waals surface area contributed by atoms with Gasteiger partial charge in [0.05, 0.1) is 11.9 Å². The van der Waals surface area contributed by atoms with Gasteiger partial charge in [0.25, 0.3) is 0 Å². The second kappa shape index (κ2) is 12.3. The van der Waals surface area contributed by atoms with Gasteiger partial charge in [-0.25, -0.2) is 12.8 Å². The number of amides is 2. The summed E-state index contributed by atoms with van der Waals surface area (Å²) in [6.45, 7) is 7.13. The number of nitrogens with one attached hydrogen (secondary N) is 1. The molecule has 0 radical (unpaired) electrons. The van der Waals surface area contributed by atoms with Crippen molar-refractivity contribution in [2.45, 2.75) is 58.7 Å². The maximum absolute atomic E-state index is 13.3. The van der Waals surface area contributed by atoms with Crippen LogP contribution in [0.15, 0.2) is 42.5 Å². The molecule has 0 saturated heterocycles. The summed E-state index contributed by atoms with van der Waals surface area (Å²) < 4.78 is 39.1. The summed E-state index contributed by atoms with van der Waals surface area (Å²) in [7, 11) is -3.67. The Hall–Kier alpha value is -2.36. The Bertz CT molecular complexity index is 1160. The summed E-state index contributed by atoms with van der Waals surface area (Å²) in [4.78, 5) is 27.6. The number of anilines is 1. The van der Waals surface area contributed by atoms with E-state index in [0.717, 1.165) is 10.6 Å². The molecule has 1 atom stereocenters. The second-order valence-electron chi connectivity index (χ2n) is 9.55. The van der Waals surface area contributed by atoms with Gasteiger partial charge in [-0.05, 0) is 70.5 Å². The molecule has 198 valence electrons. The van der Waals surface area contributed by atoms with E-state index in [1.165, 1.54) is 29.2 Å². The molecule has 2 rings (SSSR count). The zero-order valence-electron chi connectivity index (χ0n) is 21.0. The molecule has 0 unspecified atom stereocenters. The van der Waals surface area contributed by atoms with Crippen LogP contribution >= 0.6 is 23.2 Å². The topological polar surface area (TPSA) is 86.8 Å². The molecule has 0 aliphatic rings. The highest BCUT2D eigenvalue weighted by Crippen LogP contribution is 2.27. The third-order valence-corrected chi connectivity index (χ3v) is 7.22. The molecule has 1 N–H and O–H groups in total. The van der Waals surface area contributed by atoms with E-state index in [1.54, 1.807) is 25.1 Å². The van der Waals surface area contributed by atoms with Crippen molar-refractivity contribution in [3.8, 4) is 0 Å². The molecule has 11 heteroatoms. The van der Waals surface area contributed by atoms with Crippen LogP contribution in [0.1, 0.15) is 46.1 Å². The third kappa shape index (κ3) is 8.64. The van der Waals surface area contributed by atoms with Crippen LogP contribution in [0.3, 0.4) is 0 Å². The summed E-state index contributed by atoms with van der Waals surface area (Å²) in [5.74, 6) is -1.20. The lowest BCUT2D eigenvalue weighted by Gasteiger charge is -2.32. The molecule has 0 spiro atoms. The fraction of sp³-hybridized carbons (Fsp3) is 0.440. The first-order valence-corrected chi connectivity index (χ1v) is 14.0. The zero-order chi connectivity index (χ0) is 27.3. The molecule has 7 nitrogen and oxygen atoms in total. The number of hydrogen-bond acceptors (Lipinski definition) is 4. The molecule has 2 aromatic carbocycles. The highest BCUT2D eigenvalue weighted by molar-refractivity contribution is 7.92. The van der Waals surface area contributed by atoms with Gasteiger partial charge in [0.1, 0.15) is 11.9 Å². The van der Waals surface area contributed by atoms with E-state index in [1.807, 2.05) is 20.8 Å². The highest BCUT2D eigenvalue weighted by atomic mass is 35.5. The fourth-order valence-electron chi connectivity index (χ4n) is 3.52. The minimum atomic E-state index is -3.67. The van der Waals surface area contributed by atoms with Gasteiger partial charge in [0.2, 0.25) is 21.8 Å². The summed E-state index contributed by atoms with van der Waals surface area (Å²) in [5.41, 5.74) is 0.297. The SMILES string of the molecule is C[C@@H](C(=O)NC(C)(C)C)N(Cc1c(Cl)cccc1Cl)C(=O)CCCN(c1ccc(F)cc1)S(C)(=O)=O. The molecule has 0 heterocycles. The Labute approximate surface area is 222 Å². The van der Waals surface area contributed by atoms with E-state index < -0.39 is 27.4 Å². The Balaban J connectivity index is 2.24. The number of hydrogen-bond donors (Lipinski definition) is 1. The number of carbonyl (C=O) groups excluding carboxylic acids is 2. The van der Waals surface area contributed by atoms with E-state index in [4.69, 9.17) is 23.2 Å². The average molecular weight is 561 g/mol. The third-order valence-electron chi connectivity index (χ3n) is 5.32. The van der Waals surface area contributed by atoms with Crippen molar-refractivity contribution >= 4 is 50.7 Å². The predicted octanol–water partition coefficient (Wildman–Crippen LogP) is 5.01. The Morgan fingerprint density at radius 2 is 1.61 bits per heavy atom. The fourth-order valence-corrected chi connectivity index (χ4v) is 5.00. The van der Waals surface area contributed by atoms with E-state index in [2.05, 4.69) is 5.32 Å². The Morgan fingerprint density at radius 3 is 2.11 bits per heavy atom. The minimum Gasteiger partial charge on any atom is -0.350 e. The first-order valence-electron chi connectivity index (χ1n) is 11.4. The van der Waals surface area contributed by atoms with Gasteiger partial charge in [0, 0.05) is 40.7 Å². The van der Waals surface area contributed by atoms with Crippen LogP contribution in [0.4, 0.5) is 10.1 Å². The van der Waals surface area contributed by atoms with Crippen molar-refractivity contribution in [1.82, 2.24) is 10.2 Å². The summed E-state index contributed by atoms with van der Waals surface area (Å²) >= 11 is 12.6. The van der Waals surface area contributed by atoms with Crippen LogP contribution in [0.25, 0.3) is 0 Å². The molecular formula is C25H32Cl2FN3O4S. The average Bonchev–Trinajstić information content (AvgIpc) is 2.75. The van der Waals surface area contributed by atoms with Crippen molar-refractivity contribution < 1.29 is 22.4 Å². The Kier molecular flexibility index (Phi) is 10.2. The van der Waals surface area contributed by atoms with Gasteiger partial charge >= 0.3 is 0 Å². The van der Waals surface area contributed by atoms with E-state index in [0.29, 0.717) is 21.3 Å². The second-order valence-corrected chi connectivity index (χ2v) is 12.3. The van der Waals surface area contributed by atoms with Crippen molar-refractivity contribution in [2.24, 2.45) is 0 Å². The van der Waals surface area contributed by atoms with Gasteiger partial charge in [-0.2, -0.15) is 0 Å². The molecule has 0 aromatic heterocycles. The number of carbonyl (C=O) groups is 2. The zero-order valence-corrected chi connectivity index (χ0v) is 23.3. The van der Waals surface area contributed by atoms with Gasteiger partial charge in [-0.3, -0.25) is 13.9 Å². The maximum Gasteiger partial charge on any atom is 0.242 e. The van der Waals surface area contributed by atoms with Crippen molar-refractivity contribution in [3.05, 3.63) is 63.9 Å². The molecule has 0 aliphatic carbocycles. The summed E-state index contributed by atoms with van der Waals surface area (Å²) in [6.07, 6.45) is 1.18. The Morgan fingerprint density at radius 1 is 1.06 bits per heavy atom. The van der Waals surface area contributed by atoms with Crippen molar-refractivity contribution in [2.75, 3.05) is 17.1 Å². The summed E-state index contributed by atoms with van der Waals surface area (Å²) in [5, 5.41) is 3.60. The monoisotopic (exact) mass is 559 g/mol. The number of sulfonamides is 1. The molecule has 0 bridgehead atoms. The van der Waals surface area contributed by atoms with Crippen LogP contribution in [0.5, 0.6) is 0 Å². The standard InChI is InChI=1S/C25H32Cl2FN3O4S/c1-17(24(33)29-25(2,3)4)30(16-20-21(26)8-6-9-22(20)27)23(32)10-7-15-31(36(5,34)35)19-13-11-18(28)12-14-19/h6,8-9,11-14,17H,7,10,15-16H2,1-5H3,(H,29,33)/t17-/m0/s1. The van der Waals surface area contributed by atoms with Gasteiger partial charge < -0.3 is 10.2 Å². The molecule has 0 fully saturated rings.